The van der Waals surface area contributed by atoms with Gasteiger partial charge in [0.25, 0.3) is 0 Å². The second-order valence-electron chi connectivity index (χ2n) is 5.93. The molecule has 0 aromatic carbocycles. The van der Waals surface area contributed by atoms with E-state index < -0.39 is 0 Å². The number of hydrogen-bond acceptors (Lipinski definition) is 4. The molecule has 112 valence electrons. The Kier molecular flexibility index (Phi) is 7.14. The van der Waals surface area contributed by atoms with Gasteiger partial charge in [0.1, 0.15) is 0 Å². The Labute approximate surface area is 119 Å². The van der Waals surface area contributed by atoms with Crippen LogP contribution in [0.5, 0.6) is 0 Å². The molecule has 2 fully saturated rings. The van der Waals surface area contributed by atoms with Gasteiger partial charge in [-0.25, -0.2) is 0 Å². The van der Waals surface area contributed by atoms with Gasteiger partial charge < -0.3 is 20.0 Å². The SMILES string of the molecule is CCN1CCCN2CCCN(CCCNCC2)CC1. The Bertz CT molecular complexity index is 234. The molecule has 19 heavy (non-hydrogen) atoms. The molecule has 2 heterocycles. The average molecular weight is 268 g/mol. The number of hydrogen-bond donors (Lipinski definition) is 1. The van der Waals surface area contributed by atoms with Crippen LogP contribution < -0.4 is 5.32 Å². The molecule has 2 aliphatic heterocycles. The Morgan fingerprint density at radius 1 is 0.684 bits per heavy atom. The van der Waals surface area contributed by atoms with E-state index >= 15 is 0 Å². The summed E-state index contributed by atoms with van der Waals surface area (Å²) >= 11 is 0. The molecule has 0 aromatic rings. The lowest BCUT2D eigenvalue weighted by atomic mass is 10.3. The van der Waals surface area contributed by atoms with Gasteiger partial charge in [0.2, 0.25) is 0 Å². The summed E-state index contributed by atoms with van der Waals surface area (Å²) in [7, 11) is 0. The highest BCUT2D eigenvalue weighted by Gasteiger charge is 2.13. The second-order valence-corrected chi connectivity index (χ2v) is 5.93. The first-order valence-corrected chi connectivity index (χ1v) is 8.26. The monoisotopic (exact) mass is 268 g/mol. The van der Waals surface area contributed by atoms with Crippen LogP contribution in [-0.2, 0) is 0 Å². The molecule has 4 nitrogen and oxygen atoms in total. The van der Waals surface area contributed by atoms with Crippen molar-refractivity contribution in [1.82, 2.24) is 20.0 Å². The van der Waals surface area contributed by atoms with Crippen molar-refractivity contribution in [2.24, 2.45) is 0 Å². The largest absolute Gasteiger partial charge is 0.315 e. The molecule has 0 amide bonds. The lowest BCUT2D eigenvalue weighted by molar-refractivity contribution is 0.208. The predicted octanol–water partition coefficient (Wildman–Crippen LogP) is 0.699. The van der Waals surface area contributed by atoms with E-state index in [1.54, 1.807) is 0 Å². The van der Waals surface area contributed by atoms with Gasteiger partial charge in [0, 0.05) is 26.2 Å². The fourth-order valence-electron chi connectivity index (χ4n) is 3.21. The Hall–Kier alpha value is -0.160. The number of rotatable bonds is 1. The van der Waals surface area contributed by atoms with Crippen LogP contribution in [0.2, 0.25) is 0 Å². The van der Waals surface area contributed by atoms with E-state index in [1.807, 2.05) is 0 Å². The number of fused-ring (bicyclic) bond motifs is 4. The standard InChI is InChI=1S/C15H32N4/c1-2-17-9-4-10-18-11-5-12-19(15-14-17)8-3-6-16-7-13-18/h16H,2-15H2,1H3. The van der Waals surface area contributed by atoms with Crippen LogP contribution >= 0.6 is 0 Å². The molecule has 2 atom stereocenters. The fraction of sp³-hybridized carbons (Fsp3) is 1.00. The van der Waals surface area contributed by atoms with Gasteiger partial charge in [-0.2, -0.15) is 0 Å². The molecular formula is C15H32N4. The van der Waals surface area contributed by atoms with Gasteiger partial charge >= 0.3 is 0 Å². The van der Waals surface area contributed by atoms with Crippen LogP contribution in [0.1, 0.15) is 26.2 Å². The molecule has 2 saturated heterocycles. The topological polar surface area (TPSA) is 21.8 Å². The minimum absolute atomic E-state index is 1.16. The van der Waals surface area contributed by atoms with Crippen molar-refractivity contribution < 1.29 is 0 Å². The zero-order chi connectivity index (χ0) is 13.3. The Balaban J connectivity index is 1.95. The highest BCUT2D eigenvalue weighted by molar-refractivity contribution is 4.70. The van der Waals surface area contributed by atoms with Crippen molar-refractivity contribution in [1.29, 1.82) is 0 Å². The predicted molar refractivity (Wildman–Crippen MR) is 81.7 cm³/mol. The Morgan fingerprint density at radius 2 is 1.37 bits per heavy atom. The lowest BCUT2D eigenvalue weighted by Crippen LogP contribution is -2.38. The van der Waals surface area contributed by atoms with Crippen LogP contribution in [-0.4, -0.2) is 86.7 Å². The highest BCUT2D eigenvalue weighted by Crippen LogP contribution is 2.04. The molecule has 1 N–H and O–H groups in total. The van der Waals surface area contributed by atoms with Crippen LogP contribution in [0.4, 0.5) is 0 Å². The molecule has 0 saturated carbocycles. The first-order chi connectivity index (χ1) is 9.38. The molecule has 0 spiro atoms. The summed E-state index contributed by atoms with van der Waals surface area (Å²) < 4.78 is 0. The summed E-state index contributed by atoms with van der Waals surface area (Å²) in [6.45, 7) is 16.0. The summed E-state index contributed by atoms with van der Waals surface area (Å²) in [6.07, 6.45) is 3.96. The van der Waals surface area contributed by atoms with Gasteiger partial charge in [-0.3, -0.25) is 0 Å². The first-order valence-electron chi connectivity index (χ1n) is 8.26. The summed E-state index contributed by atoms with van der Waals surface area (Å²) in [4.78, 5) is 7.97. The van der Waals surface area contributed by atoms with Crippen molar-refractivity contribution in [2.75, 3.05) is 72.0 Å². The van der Waals surface area contributed by atoms with E-state index in [2.05, 4.69) is 26.9 Å². The summed E-state index contributed by atoms with van der Waals surface area (Å²) in [5.41, 5.74) is 0. The lowest BCUT2D eigenvalue weighted by Gasteiger charge is -2.26. The summed E-state index contributed by atoms with van der Waals surface area (Å²) in [6, 6.07) is 0. The van der Waals surface area contributed by atoms with Crippen molar-refractivity contribution in [2.45, 2.75) is 26.2 Å². The van der Waals surface area contributed by atoms with Gasteiger partial charge in [-0.05, 0) is 65.1 Å². The van der Waals surface area contributed by atoms with Gasteiger partial charge in [-0.15, -0.1) is 0 Å². The van der Waals surface area contributed by atoms with Gasteiger partial charge in [-0.1, -0.05) is 6.92 Å². The minimum Gasteiger partial charge on any atom is -0.315 e. The van der Waals surface area contributed by atoms with E-state index in [0.717, 1.165) is 6.54 Å². The van der Waals surface area contributed by atoms with Crippen LogP contribution in [0.25, 0.3) is 0 Å². The first kappa shape index (κ1) is 15.2. The summed E-state index contributed by atoms with van der Waals surface area (Å²) in [5, 5.41) is 3.59. The zero-order valence-electron chi connectivity index (χ0n) is 12.7. The third-order valence-electron chi connectivity index (χ3n) is 4.51. The van der Waals surface area contributed by atoms with E-state index in [1.165, 1.54) is 84.7 Å². The molecule has 2 bridgehead atoms. The smallest absolute Gasteiger partial charge is 0.0109 e. The quantitative estimate of drug-likeness (QED) is 0.756. The maximum atomic E-state index is 3.59. The molecule has 2 rings (SSSR count). The van der Waals surface area contributed by atoms with Crippen LogP contribution in [0.3, 0.4) is 0 Å². The highest BCUT2D eigenvalue weighted by atomic mass is 15.2. The molecule has 0 radical (unpaired) electrons. The van der Waals surface area contributed by atoms with Crippen molar-refractivity contribution >= 4 is 0 Å². The molecule has 0 aliphatic carbocycles. The molecule has 2 aliphatic rings. The number of likely N-dealkylation sites (N-methyl/N-ethyl adjacent to an activating group) is 1. The average Bonchev–Trinajstić information content (AvgIpc) is 2.50. The molecule has 2 unspecified atom stereocenters. The van der Waals surface area contributed by atoms with E-state index in [-0.39, 0.29) is 0 Å². The fourth-order valence-corrected chi connectivity index (χ4v) is 3.21. The third-order valence-corrected chi connectivity index (χ3v) is 4.51. The molecule has 4 heteroatoms. The van der Waals surface area contributed by atoms with E-state index in [9.17, 15) is 0 Å². The zero-order valence-corrected chi connectivity index (χ0v) is 12.7. The summed E-state index contributed by atoms with van der Waals surface area (Å²) in [5.74, 6) is 0. The van der Waals surface area contributed by atoms with E-state index in [4.69, 9.17) is 0 Å². The molecule has 0 aromatic heterocycles. The normalized spacial score (nSPS) is 32.7. The van der Waals surface area contributed by atoms with Crippen LogP contribution in [0.15, 0.2) is 0 Å². The maximum absolute atomic E-state index is 3.59. The Morgan fingerprint density at radius 3 is 2.16 bits per heavy atom. The van der Waals surface area contributed by atoms with Crippen LogP contribution in [0, 0.1) is 0 Å². The van der Waals surface area contributed by atoms with Gasteiger partial charge in [0.05, 0.1) is 0 Å². The third kappa shape index (κ3) is 5.78. The van der Waals surface area contributed by atoms with E-state index in [0.29, 0.717) is 0 Å². The maximum Gasteiger partial charge on any atom is 0.0109 e. The van der Waals surface area contributed by atoms with Crippen molar-refractivity contribution in [3.05, 3.63) is 0 Å². The molecular weight excluding hydrogens is 236 g/mol. The van der Waals surface area contributed by atoms with Crippen molar-refractivity contribution in [3.8, 4) is 0 Å². The number of nitrogens with zero attached hydrogens (tertiary/aromatic N) is 3. The second kappa shape index (κ2) is 8.90. The van der Waals surface area contributed by atoms with Crippen molar-refractivity contribution in [3.63, 3.8) is 0 Å². The number of nitrogens with one attached hydrogen (secondary N) is 1. The minimum atomic E-state index is 1.16. The van der Waals surface area contributed by atoms with Gasteiger partial charge in [0.15, 0.2) is 0 Å².